The Hall–Kier alpha value is -2.83. The first-order valence-corrected chi connectivity index (χ1v) is 9.87. The molecule has 28 heavy (non-hydrogen) atoms. The van der Waals surface area contributed by atoms with Crippen molar-refractivity contribution in [1.29, 1.82) is 0 Å². The van der Waals surface area contributed by atoms with Crippen LogP contribution in [-0.2, 0) is 22.7 Å². The quantitative estimate of drug-likeness (QED) is 0.825. The normalized spacial score (nSPS) is 20.5. The van der Waals surface area contributed by atoms with Gasteiger partial charge < -0.3 is 19.2 Å². The van der Waals surface area contributed by atoms with Gasteiger partial charge in [-0.2, -0.15) is 0 Å². The summed E-state index contributed by atoms with van der Waals surface area (Å²) in [7, 11) is 0. The maximum atomic E-state index is 12.6. The van der Waals surface area contributed by atoms with Gasteiger partial charge in [0.1, 0.15) is 5.76 Å². The highest BCUT2D eigenvalue weighted by atomic mass is 16.3. The summed E-state index contributed by atoms with van der Waals surface area (Å²) >= 11 is 0. The Bertz CT molecular complexity index is 903. The number of aromatic nitrogens is 1. The summed E-state index contributed by atoms with van der Waals surface area (Å²) in [5, 5.41) is 2.80. The van der Waals surface area contributed by atoms with Gasteiger partial charge in [-0.05, 0) is 37.0 Å². The third kappa shape index (κ3) is 4.03. The van der Waals surface area contributed by atoms with Gasteiger partial charge in [0, 0.05) is 50.2 Å². The Labute approximate surface area is 163 Å². The molecule has 0 aliphatic carbocycles. The molecule has 7 heteroatoms. The molecular weight excluding hydrogens is 358 g/mol. The largest absolute Gasteiger partial charge is 0.467 e. The second-order valence-electron chi connectivity index (χ2n) is 7.71. The zero-order valence-electron chi connectivity index (χ0n) is 15.8. The molecule has 0 spiro atoms. The molecule has 2 bridgehead atoms. The lowest BCUT2D eigenvalue weighted by Gasteiger charge is -2.42. The van der Waals surface area contributed by atoms with Gasteiger partial charge in [0.2, 0.25) is 11.8 Å². The van der Waals surface area contributed by atoms with Crippen LogP contribution in [0.2, 0.25) is 0 Å². The molecule has 0 saturated carbocycles. The molecule has 2 aromatic rings. The zero-order chi connectivity index (χ0) is 19.5. The van der Waals surface area contributed by atoms with Gasteiger partial charge >= 0.3 is 0 Å². The van der Waals surface area contributed by atoms with Crippen LogP contribution in [0.3, 0.4) is 0 Å². The van der Waals surface area contributed by atoms with E-state index in [0.717, 1.165) is 12.1 Å². The topological polar surface area (TPSA) is 84.5 Å². The number of likely N-dealkylation sites (tertiary alicyclic amines) is 1. The van der Waals surface area contributed by atoms with E-state index in [0.29, 0.717) is 57.1 Å². The van der Waals surface area contributed by atoms with E-state index in [-0.39, 0.29) is 23.3 Å². The van der Waals surface area contributed by atoms with E-state index in [9.17, 15) is 14.4 Å². The lowest BCUT2D eigenvalue weighted by Crippen LogP contribution is -2.49. The van der Waals surface area contributed by atoms with Crippen LogP contribution in [0.4, 0.5) is 0 Å². The number of carbonyl (C=O) groups is 2. The molecule has 0 radical (unpaired) electrons. The summed E-state index contributed by atoms with van der Waals surface area (Å²) in [6.45, 7) is 2.41. The van der Waals surface area contributed by atoms with E-state index in [1.54, 1.807) is 24.5 Å². The van der Waals surface area contributed by atoms with Crippen LogP contribution in [-0.4, -0.2) is 34.4 Å². The molecule has 1 saturated heterocycles. The average Bonchev–Trinajstić information content (AvgIpc) is 3.21. The maximum Gasteiger partial charge on any atom is 0.250 e. The van der Waals surface area contributed by atoms with Crippen molar-refractivity contribution >= 4 is 11.8 Å². The predicted molar refractivity (Wildman–Crippen MR) is 103 cm³/mol. The van der Waals surface area contributed by atoms with E-state index in [4.69, 9.17) is 4.42 Å². The minimum absolute atomic E-state index is 0.0486. The van der Waals surface area contributed by atoms with Gasteiger partial charge in [-0.25, -0.2) is 0 Å². The Morgan fingerprint density at radius 2 is 2.00 bits per heavy atom. The summed E-state index contributed by atoms with van der Waals surface area (Å²) in [4.78, 5) is 38.6. The Morgan fingerprint density at radius 3 is 2.82 bits per heavy atom. The molecule has 4 heterocycles. The van der Waals surface area contributed by atoms with Gasteiger partial charge in [0.05, 0.1) is 12.8 Å². The van der Waals surface area contributed by atoms with Crippen molar-refractivity contribution in [1.82, 2.24) is 14.8 Å². The van der Waals surface area contributed by atoms with Crippen molar-refractivity contribution in [3.8, 4) is 0 Å². The number of furan rings is 1. The monoisotopic (exact) mass is 383 g/mol. The van der Waals surface area contributed by atoms with Crippen LogP contribution in [0, 0.1) is 5.92 Å². The van der Waals surface area contributed by atoms with Crippen molar-refractivity contribution < 1.29 is 14.0 Å². The summed E-state index contributed by atoms with van der Waals surface area (Å²) < 4.78 is 7.04. The summed E-state index contributed by atoms with van der Waals surface area (Å²) in [5.41, 5.74) is 1.09. The van der Waals surface area contributed by atoms with Crippen LogP contribution < -0.4 is 10.9 Å². The van der Waals surface area contributed by atoms with Gasteiger partial charge in [0.15, 0.2) is 0 Å². The minimum Gasteiger partial charge on any atom is -0.467 e. The molecule has 2 amide bonds. The molecular formula is C21H25N3O4. The minimum atomic E-state index is -0.0759. The molecule has 2 aliphatic heterocycles. The van der Waals surface area contributed by atoms with Crippen molar-refractivity contribution in [3.63, 3.8) is 0 Å². The van der Waals surface area contributed by atoms with Crippen molar-refractivity contribution in [3.05, 3.63) is 58.4 Å². The van der Waals surface area contributed by atoms with E-state index in [1.165, 1.54) is 0 Å². The molecule has 148 valence electrons. The van der Waals surface area contributed by atoms with E-state index >= 15 is 0 Å². The molecule has 0 aromatic carbocycles. The molecule has 4 rings (SSSR count). The Kier molecular flexibility index (Phi) is 5.32. The number of fused-ring (bicyclic) bond motifs is 4. The zero-order valence-corrected chi connectivity index (χ0v) is 15.8. The van der Waals surface area contributed by atoms with Crippen LogP contribution in [0.1, 0.15) is 43.1 Å². The molecule has 2 aliphatic rings. The highest BCUT2D eigenvalue weighted by Crippen LogP contribution is 2.35. The fourth-order valence-electron chi connectivity index (χ4n) is 4.35. The number of rotatable bonds is 6. The number of carbonyl (C=O) groups excluding carboxylic acids is 2. The molecule has 7 nitrogen and oxygen atoms in total. The fraction of sp³-hybridized carbons (Fsp3) is 0.476. The highest BCUT2D eigenvalue weighted by Gasteiger charge is 2.35. The Morgan fingerprint density at radius 1 is 1.11 bits per heavy atom. The van der Waals surface area contributed by atoms with Gasteiger partial charge in [-0.3, -0.25) is 14.4 Å². The number of hydrogen-bond donors (Lipinski definition) is 1. The SMILES string of the molecule is O=C(CCCC(=O)N1C[C@@H]2C[C@@H](C1)c1cccc(=O)n1C2)NCc1ccco1. The van der Waals surface area contributed by atoms with Gasteiger partial charge in [-0.15, -0.1) is 0 Å². The molecule has 2 atom stereocenters. The maximum absolute atomic E-state index is 12.6. The molecule has 1 fully saturated rings. The first kappa shape index (κ1) is 18.5. The van der Waals surface area contributed by atoms with Crippen molar-refractivity contribution in [2.24, 2.45) is 5.92 Å². The summed E-state index contributed by atoms with van der Waals surface area (Å²) in [5.74, 6) is 1.28. The van der Waals surface area contributed by atoms with Crippen LogP contribution in [0.15, 0.2) is 45.8 Å². The lowest BCUT2D eigenvalue weighted by molar-refractivity contribution is -0.134. The first-order chi connectivity index (χ1) is 13.6. The Balaban J connectivity index is 1.26. The lowest BCUT2D eigenvalue weighted by atomic mass is 9.83. The molecule has 0 unspecified atom stereocenters. The second kappa shape index (κ2) is 8.04. The van der Waals surface area contributed by atoms with Crippen molar-refractivity contribution in [2.45, 2.75) is 44.7 Å². The van der Waals surface area contributed by atoms with Gasteiger partial charge in [0.25, 0.3) is 5.56 Å². The second-order valence-corrected chi connectivity index (χ2v) is 7.71. The number of hydrogen-bond acceptors (Lipinski definition) is 4. The van der Waals surface area contributed by atoms with Crippen LogP contribution in [0.25, 0.3) is 0 Å². The molecule has 1 N–H and O–H groups in total. The standard InChI is InChI=1S/C21H25N3O4/c25-19(22-11-17-4-3-9-28-17)6-2-7-20(26)23-12-15-10-16(14-23)18-5-1-8-21(27)24(18)13-15/h1,3-5,8-9,15-16H,2,6-7,10-14H2,(H,22,25)/t15-,16-/m0/s1. The van der Waals surface area contributed by atoms with Crippen molar-refractivity contribution in [2.75, 3.05) is 13.1 Å². The smallest absolute Gasteiger partial charge is 0.250 e. The predicted octanol–water partition coefficient (Wildman–Crippen LogP) is 1.87. The number of amides is 2. The average molecular weight is 383 g/mol. The summed E-state index contributed by atoms with van der Waals surface area (Å²) in [6.07, 6.45) is 3.83. The van der Waals surface area contributed by atoms with E-state index in [2.05, 4.69) is 5.32 Å². The summed E-state index contributed by atoms with van der Waals surface area (Å²) in [6, 6.07) is 8.99. The first-order valence-electron chi connectivity index (χ1n) is 9.87. The fourth-order valence-corrected chi connectivity index (χ4v) is 4.35. The number of piperidine rings is 1. The third-order valence-corrected chi connectivity index (χ3v) is 5.67. The number of pyridine rings is 1. The third-order valence-electron chi connectivity index (χ3n) is 5.67. The van der Waals surface area contributed by atoms with E-state index < -0.39 is 0 Å². The van der Waals surface area contributed by atoms with Crippen LogP contribution >= 0.6 is 0 Å². The van der Waals surface area contributed by atoms with E-state index in [1.807, 2.05) is 21.6 Å². The van der Waals surface area contributed by atoms with Gasteiger partial charge in [-0.1, -0.05) is 6.07 Å². The number of nitrogens with one attached hydrogen (secondary N) is 1. The molecule has 2 aromatic heterocycles. The number of nitrogens with zero attached hydrogens (tertiary/aromatic N) is 2. The van der Waals surface area contributed by atoms with Crippen LogP contribution in [0.5, 0.6) is 0 Å². The highest BCUT2D eigenvalue weighted by molar-refractivity contribution is 5.79.